The third-order valence-electron chi connectivity index (χ3n) is 2.66. The SMILES string of the molecule is NNc1cc(C(F)(F)F)cc(NCc2cccc(F)c2)n1. The smallest absolute Gasteiger partial charge is 0.366 e. The van der Waals surface area contributed by atoms with E-state index in [-0.39, 0.29) is 18.2 Å². The summed E-state index contributed by atoms with van der Waals surface area (Å²) in [5.41, 5.74) is 1.77. The highest BCUT2D eigenvalue weighted by Gasteiger charge is 2.31. The first-order chi connectivity index (χ1) is 9.88. The fourth-order valence-corrected chi connectivity index (χ4v) is 1.70. The number of halogens is 4. The average molecular weight is 300 g/mol. The van der Waals surface area contributed by atoms with E-state index in [1.54, 1.807) is 6.07 Å². The molecule has 21 heavy (non-hydrogen) atoms. The van der Waals surface area contributed by atoms with Crippen molar-refractivity contribution in [3.05, 3.63) is 53.3 Å². The molecule has 2 rings (SSSR count). The van der Waals surface area contributed by atoms with Gasteiger partial charge >= 0.3 is 6.18 Å². The Morgan fingerprint density at radius 3 is 2.43 bits per heavy atom. The maximum atomic E-state index is 13.0. The van der Waals surface area contributed by atoms with Crippen LogP contribution in [0.15, 0.2) is 36.4 Å². The summed E-state index contributed by atoms with van der Waals surface area (Å²) in [6.45, 7) is 0.135. The molecule has 0 aliphatic heterocycles. The van der Waals surface area contributed by atoms with Crippen LogP contribution in [0, 0.1) is 5.82 Å². The second-order valence-electron chi connectivity index (χ2n) is 4.25. The van der Waals surface area contributed by atoms with Gasteiger partial charge in [-0.05, 0) is 29.8 Å². The second-order valence-corrected chi connectivity index (χ2v) is 4.25. The van der Waals surface area contributed by atoms with E-state index >= 15 is 0 Å². The van der Waals surface area contributed by atoms with Crippen molar-refractivity contribution < 1.29 is 17.6 Å². The molecule has 2 aromatic rings. The molecule has 4 N–H and O–H groups in total. The van der Waals surface area contributed by atoms with Crippen LogP contribution in [0.1, 0.15) is 11.1 Å². The average Bonchev–Trinajstić information content (AvgIpc) is 2.44. The molecule has 8 heteroatoms. The topological polar surface area (TPSA) is 63.0 Å². The number of nitrogens with zero attached hydrogens (tertiary/aromatic N) is 1. The number of hydrazine groups is 1. The molecule has 0 saturated carbocycles. The van der Waals surface area contributed by atoms with Gasteiger partial charge in [-0.15, -0.1) is 0 Å². The lowest BCUT2D eigenvalue weighted by molar-refractivity contribution is -0.137. The van der Waals surface area contributed by atoms with Crippen molar-refractivity contribution in [1.29, 1.82) is 0 Å². The van der Waals surface area contributed by atoms with Gasteiger partial charge in [-0.1, -0.05) is 12.1 Å². The molecule has 1 aromatic carbocycles. The number of hydrogen-bond donors (Lipinski definition) is 3. The Morgan fingerprint density at radius 1 is 1.10 bits per heavy atom. The summed E-state index contributed by atoms with van der Waals surface area (Å²) in [6.07, 6.45) is -4.51. The molecule has 0 aliphatic rings. The predicted octanol–water partition coefficient (Wildman–Crippen LogP) is 3.14. The predicted molar refractivity (Wildman–Crippen MR) is 70.8 cm³/mol. The lowest BCUT2D eigenvalue weighted by Gasteiger charge is -2.12. The van der Waals surface area contributed by atoms with E-state index in [2.05, 4.69) is 15.7 Å². The van der Waals surface area contributed by atoms with Gasteiger partial charge < -0.3 is 10.7 Å². The van der Waals surface area contributed by atoms with E-state index in [0.29, 0.717) is 5.56 Å². The van der Waals surface area contributed by atoms with Gasteiger partial charge in [0.2, 0.25) is 0 Å². The molecule has 0 radical (unpaired) electrons. The minimum atomic E-state index is -4.51. The molecule has 0 bridgehead atoms. The van der Waals surface area contributed by atoms with Crippen molar-refractivity contribution in [2.75, 3.05) is 10.7 Å². The molecule has 0 unspecified atom stereocenters. The van der Waals surface area contributed by atoms with Gasteiger partial charge in [-0.2, -0.15) is 13.2 Å². The molecular formula is C13H12F4N4. The molecule has 0 amide bonds. The van der Waals surface area contributed by atoms with E-state index in [4.69, 9.17) is 5.84 Å². The van der Waals surface area contributed by atoms with Gasteiger partial charge in [0.15, 0.2) is 0 Å². The monoisotopic (exact) mass is 300 g/mol. The minimum absolute atomic E-state index is 0.0120. The third kappa shape index (κ3) is 4.06. The zero-order valence-corrected chi connectivity index (χ0v) is 10.7. The largest absolute Gasteiger partial charge is 0.416 e. The molecular weight excluding hydrogens is 288 g/mol. The maximum absolute atomic E-state index is 13.0. The summed E-state index contributed by atoms with van der Waals surface area (Å²) in [6, 6.07) is 7.38. The van der Waals surface area contributed by atoms with Crippen LogP contribution >= 0.6 is 0 Å². The lowest BCUT2D eigenvalue weighted by Crippen LogP contribution is -2.14. The van der Waals surface area contributed by atoms with Crippen LogP contribution in [0.5, 0.6) is 0 Å². The minimum Gasteiger partial charge on any atom is -0.366 e. The molecule has 0 spiro atoms. The number of aromatic nitrogens is 1. The van der Waals surface area contributed by atoms with Crippen molar-refractivity contribution in [2.45, 2.75) is 12.7 Å². The van der Waals surface area contributed by atoms with Crippen molar-refractivity contribution >= 4 is 11.6 Å². The van der Waals surface area contributed by atoms with E-state index < -0.39 is 17.6 Å². The number of nitrogen functional groups attached to an aromatic ring is 1. The maximum Gasteiger partial charge on any atom is 0.416 e. The van der Waals surface area contributed by atoms with Gasteiger partial charge in [0.05, 0.1) is 5.56 Å². The first kappa shape index (κ1) is 15.0. The normalized spacial score (nSPS) is 11.3. The Labute approximate surface area is 118 Å². The summed E-state index contributed by atoms with van der Waals surface area (Å²) in [5.74, 6) is 4.55. The number of hydrogen-bond acceptors (Lipinski definition) is 4. The fraction of sp³-hybridized carbons (Fsp3) is 0.154. The Bertz CT molecular complexity index is 628. The summed E-state index contributed by atoms with van der Waals surface area (Å²) in [7, 11) is 0. The van der Waals surface area contributed by atoms with Gasteiger partial charge in [0.1, 0.15) is 17.5 Å². The van der Waals surface area contributed by atoms with Crippen molar-refractivity contribution in [2.24, 2.45) is 5.84 Å². The van der Waals surface area contributed by atoms with Gasteiger partial charge in [-0.3, -0.25) is 0 Å². The van der Waals surface area contributed by atoms with Crippen LogP contribution in [0.2, 0.25) is 0 Å². The lowest BCUT2D eigenvalue weighted by atomic mass is 10.2. The zero-order valence-electron chi connectivity index (χ0n) is 10.7. The molecule has 0 fully saturated rings. The highest BCUT2D eigenvalue weighted by molar-refractivity contribution is 5.49. The van der Waals surface area contributed by atoms with Crippen LogP contribution in [0.25, 0.3) is 0 Å². The Morgan fingerprint density at radius 2 is 1.81 bits per heavy atom. The van der Waals surface area contributed by atoms with E-state index in [9.17, 15) is 17.6 Å². The summed E-state index contributed by atoms with van der Waals surface area (Å²) in [4.78, 5) is 3.86. The summed E-state index contributed by atoms with van der Waals surface area (Å²) in [5, 5.41) is 2.70. The molecule has 0 aliphatic carbocycles. The summed E-state index contributed by atoms with van der Waals surface area (Å²) < 4.78 is 51.2. The zero-order chi connectivity index (χ0) is 15.5. The third-order valence-corrected chi connectivity index (χ3v) is 2.66. The molecule has 112 valence electrons. The highest BCUT2D eigenvalue weighted by atomic mass is 19.4. The van der Waals surface area contributed by atoms with E-state index in [1.807, 2.05) is 0 Å². The highest BCUT2D eigenvalue weighted by Crippen LogP contribution is 2.31. The van der Waals surface area contributed by atoms with Crippen molar-refractivity contribution in [3.8, 4) is 0 Å². The Balaban J connectivity index is 2.19. The van der Waals surface area contributed by atoms with Crippen molar-refractivity contribution in [3.63, 3.8) is 0 Å². The van der Waals surface area contributed by atoms with E-state index in [1.165, 1.54) is 18.2 Å². The molecule has 4 nitrogen and oxygen atoms in total. The van der Waals surface area contributed by atoms with Crippen LogP contribution in [0.3, 0.4) is 0 Å². The number of rotatable bonds is 4. The van der Waals surface area contributed by atoms with Crippen LogP contribution in [0.4, 0.5) is 29.2 Å². The first-order valence-corrected chi connectivity index (χ1v) is 5.92. The number of alkyl halides is 3. The molecule has 1 aromatic heterocycles. The molecule has 0 saturated heterocycles. The number of benzene rings is 1. The molecule has 1 heterocycles. The summed E-state index contributed by atoms with van der Waals surface area (Å²) >= 11 is 0. The number of anilines is 2. The molecule has 0 atom stereocenters. The van der Waals surface area contributed by atoms with Gasteiger partial charge in [-0.25, -0.2) is 15.2 Å². The number of nitrogens with one attached hydrogen (secondary N) is 2. The quantitative estimate of drug-likeness (QED) is 0.461. The van der Waals surface area contributed by atoms with Crippen LogP contribution in [-0.2, 0) is 12.7 Å². The van der Waals surface area contributed by atoms with Gasteiger partial charge in [0, 0.05) is 6.54 Å². The Hall–Kier alpha value is -2.35. The second kappa shape index (κ2) is 5.96. The van der Waals surface area contributed by atoms with E-state index in [0.717, 1.165) is 12.1 Å². The Kier molecular flexibility index (Phi) is 4.27. The van der Waals surface area contributed by atoms with Crippen molar-refractivity contribution in [1.82, 2.24) is 4.98 Å². The fourth-order valence-electron chi connectivity index (χ4n) is 1.70. The van der Waals surface area contributed by atoms with Crippen LogP contribution in [-0.4, -0.2) is 4.98 Å². The standard InChI is InChI=1S/C13H12F4N4/c14-10-3-1-2-8(4-10)7-19-11-5-9(13(15,16)17)6-12(20-11)21-18/h1-6H,7,18H2,(H2,19,20,21). The van der Waals surface area contributed by atoms with Gasteiger partial charge in [0.25, 0.3) is 0 Å². The number of nitrogens with two attached hydrogens (primary N) is 1. The van der Waals surface area contributed by atoms with Crippen LogP contribution < -0.4 is 16.6 Å². The first-order valence-electron chi connectivity index (χ1n) is 5.92. The number of pyridine rings is 1.